The van der Waals surface area contributed by atoms with Crippen molar-refractivity contribution in [2.45, 2.75) is 0 Å². The number of nitrogens with one attached hydrogen (secondary N) is 1. The van der Waals surface area contributed by atoms with Gasteiger partial charge in [-0.2, -0.15) is 4.98 Å². The second-order valence-electron chi connectivity index (χ2n) is 5.51. The minimum Gasteiger partial charge on any atom is -0.411 e. The van der Waals surface area contributed by atoms with Crippen molar-refractivity contribution in [3.63, 3.8) is 0 Å². The number of aromatic nitrogens is 1. The predicted molar refractivity (Wildman–Crippen MR) is 103 cm³/mol. The van der Waals surface area contributed by atoms with Gasteiger partial charge in [-0.15, -0.1) is 0 Å². The van der Waals surface area contributed by atoms with Gasteiger partial charge in [-0.3, -0.25) is 4.79 Å². The van der Waals surface area contributed by atoms with E-state index < -0.39 is 0 Å². The van der Waals surface area contributed by atoms with Crippen LogP contribution in [0.1, 0.15) is 10.4 Å². The third-order valence-electron chi connectivity index (χ3n) is 3.71. The molecular formula is C20H13BrN2O3. The summed E-state index contributed by atoms with van der Waals surface area (Å²) in [6.45, 7) is 0. The number of para-hydroxylation sites is 2. The van der Waals surface area contributed by atoms with Gasteiger partial charge in [-0.1, -0.05) is 24.3 Å². The molecular weight excluding hydrogens is 396 g/mol. The molecule has 0 aliphatic heterocycles. The summed E-state index contributed by atoms with van der Waals surface area (Å²) in [4.78, 5) is 16.6. The normalized spacial score (nSPS) is 10.7. The Morgan fingerprint density at radius 3 is 2.46 bits per heavy atom. The highest BCUT2D eigenvalue weighted by atomic mass is 79.9. The zero-order valence-corrected chi connectivity index (χ0v) is 15.1. The van der Waals surface area contributed by atoms with Gasteiger partial charge in [0.1, 0.15) is 11.3 Å². The molecule has 26 heavy (non-hydrogen) atoms. The number of carbonyl (C=O) groups excluding carboxylic acids is 1. The summed E-state index contributed by atoms with van der Waals surface area (Å²) in [6, 6.07) is 21.7. The van der Waals surface area contributed by atoms with Crippen LogP contribution >= 0.6 is 15.9 Å². The molecule has 4 aromatic rings. The number of fused-ring (bicyclic) bond motifs is 1. The number of ether oxygens (including phenoxy) is 1. The third-order valence-corrected chi connectivity index (χ3v) is 4.40. The topological polar surface area (TPSA) is 64.4 Å². The monoisotopic (exact) mass is 408 g/mol. The molecule has 1 aromatic heterocycles. The van der Waals surface area contributed by atoms with E-state index in [-0.39, 0.29) is 12.0 Å². The fourth-order valence-electron chi connectivity index (χ4n) is 2.45. The quantitative estimate of drug-likeness (QED) is 0.474. The first-order chi connectivity index (χ1) is 12.7. The fraction of sp³-hybridized carbons (Fsp3) is 0. The van der Waals surface area contributed by atoms with Crippen molar-refractivity contribution < 1.29 is 13.9 Å². The summed E-state index contributed by atoms with van der Waals surface area (Å²) < 4.78 is 11.9. The first kappa shape index (κ1) is 16.4. The molecule has 0 fully saturated rings. The molecule has 5 nitrogen and oxygen atoms in total. The molecule has 0 bridgehead atoms. The summed E-state index contributed by atoms with van der Waals surface area (Å²) >= 11 is 3.38. The van der Waals surface area contributed by atoms with Crippen molar-refractivity contribution in [2.24, 2.45) is 0 Å². The number of benzene rings is 3. The number of hydrogen-bond acceptors (Lipinski definition) is 4. The maximum absolute atomic E-state index is 12.3. The van der Waals surface area contributed by atoms with E-state index in [0.29, 0.717) is 22.6 Å². The van der Waals surface area contributed by atoms with Crippen LogP contribution in [0.2, 0.25) is 0 Å². The van der Waals surface area contributed by atoms with Crippen molar-refractivity contribution in [3.8, 4) is 11.8 Å². The minimum absolute atomic E-state index is 0.177. The lowest BCUT2D eigenvalue weighted by Crippen LogP contribution is -2.12. The van der Waals surface area contributed by atoms with Crippen molar-refractivity contribution in [2.75, 3.05) is 5.32 Å². The molecule has 1 amide bonds. The van der Waals surface area contributed by atoms with E-state index in [1.807, 2.05) is 42.5 Å². The molecule has 0 aliphatic carbocycles. The average molecular weight is 409 g/mol. The van der Waals surface area contributed by atoms with Crippen molar-refractivity contribution >= 4 is 38.6 Å². The van der Waals surface area contributed by atoms with E-state index in [1.54, 1.807) is 30.3 Å². The molecule has 0 radical (unpaired) electrons. The van der Waals surface area contributed by atoms with E-state index in [4.69, 9.17) is 9.15 Å². The SMILES string of the molecule is O=C(Nc1ccc(Oc2nc3ccccc3o2)cc1)c1ccccc1Br. The maximum Gasteiger partial charge on any atom is 0.400 e. The minimum atomic E-state index is -0.190. The van der Waals surface area contributed by atoms with Crippen LogP contribution < -0.4 is 10.1 Å². The van der Waals surface area contributed by atoms with E-state index in [0.717, 1.165) is 9.99 Å². The molecule has 0 aliphatic rings. The van der Waals surface area contributed by atoms with Crippen molar-refractivity contribution in [3.05, 3.63) is 82.8 Å². The molecule has 4 rings (SSSR count). The molecule has 0 spiro atoms. The Labute approximate surface area is 157 Å². The van der Waals surface area contributed by atoms with E-state index in [2.05, 4.69) is 26.2 Å². The zero-order valence-electron chi connectivity index (χ0n) is 13.5. The van der Waals surface area contributed by atoms with Gasteiger partial charge < -0.3 is 14.5 Å². The third kappa shape index (κ3) is 3.45. The van der Waals surface area contributed by atoms with Gasteiger partial charge in [0.15, 0.2) is 5.58 Å². The molecule has 128 valence electrons. The second-order valence-corrected chi connectivity index (χ2v) is 6.36. The van der Waals surface area contributed by atoms with Gasteiger partial charge in [0.05, 0.1) is 5.56 Å². The Morgan fingerprint density at radius 2 is 1.69 bits per heavy atom. The number of nitrogens with zero attached hydrogens (tertiary/aromatic N) is 1. The van der Waals surface area contributed by atoms with Gasteiger partial charge in [0.2, 0.25) is 0 Å². The lowest BCUT2D eigenvalue weighted by Gasteiger charge is -2.07. The summed E-state index contributed by atoms with van der Waals surface area (Å²) in [5.41, 5.74) is 2.63. The van der Waals surface area contributed by atoms with Crippen molar-refractivity contribution in [1.29, 1.82) is 0 Å². The Balaban J connectivity index is 1.46. The van der Waals surface area contributed by atoms with E-state index in [1.165, 1.54) is 0 Å². The van der Waals surface area contributed by atoms with Gasteiger partial charge in [-0.05, 0) is 64.5 Å². The maximum atomic E-state index is 12.3. The van der Waals surface area contributed by atoms with E-state index >= 15 is 0 Å². The van der Waals surface area contributed by atoms with Crippen LogP contribution in [-0.2, 0) is 0 Å². The highest BCUT2D eigenvalue weighted by Crippen LogP contribution is 2.26. The Kier molecular flexibility index (Phi) is 4.41. The van der Waals surface area contributed by atoms with Crippen LogP contribution in [0.3, 0.4) is 0 Å². The average Bonchev–Trinajstić information content (AvgIpc) is 3.06. The summed E-state index contributed by atoms with van der Waals surface area (Å²) in [5.74, 6) is 0.376. The van der Waals surface area contributed by atoms with E-state index in [9.17, 15) is 4.79 Å². The van der Waals surface area contributed by atoms with Gasteiger partial charge >= 0.3 is 6.08 Å². The molecule has 6 heteroatoms. The summed E-state index contributed by atoms with van der Waals surface area (Å²) in [7, 11) is 0. The second kappa shape index (κ2) is 7.01. The van der Waals surface area contributed by atoms with Gasteiger partial charge in [0.25, 0.3) is 5.91 Å². The number of amides is 1. The van der Waals surface area contributed by atoms with Crippen LogP contribution in [0, 0.1) is 0 Å². The largest absolute Gasteiger partial charge is 0.411 e. The summed E-state index contributed by atoms with van der Waals surface area (Å²) in [6.07, 6.45) is 0.177. The number of rotatable bonds is 4. The van der Waals surface area contributed by atoms with Gasteiger partial charge in [0, 0.05) is 10.2 Å². The predicted octanol–water partition coefficient (Wildman–Crippen LogP) is 5.63. The Hall–Kier alpha value is -3.12. The van der Waals surface area contributed by atoms with Crippen molar-refractivity contribution in [1.82, 2.24) is 4.98 Å². The molecule has 0 saturated heterocycles. The van der Waals surface area contributed by atoms with Crippen LogP contribution in [0.5, 0.6) is 11.8 Å². The Morgan fingerprint density at radius 1 is 0.962 bits per heavy atom. The zero-order chi connectivity index (χ0) is 17.9. The lowest BCUT2D eigenvalue weighted by molar-refractivity contribution is 0.102. The number of hydrogen-bond donors (Lipinski definition) is 1. The molecule has 0 saturated carbocycles. The lowest BCUT2D eigenvalue weighted by atomic mass is 10.2. The highest BCUT2D eigenvalue weighted by Gasteiger charge is 2.10. The summed E-state index contributed by atoms with van der Waals surface area (Å²) in [5, 5.41) is 2.85. The first-order valence-electron chi connectivity index (χ1n) is 7.88. The van der Waals surface area contributed by atoms with Gasteiger partial charge in [-0.25, -0.2) is 0 Å². The van der Waals surface area contributed by atoms with Crippen LogP contribution in [0.4, 0.5) is 5.69 Å². The van der Waals surface area contributed by atoms with Crippen LogP contribution in [0.25, 0.3) is 11.1 Å². The molecule has 3 aromatic carbocycles. The van der Waals surface area contributed by atoms with Crippen LogP contribution in [0.15, 0.2) is 81.7 Å². The smallest absolute Gasteiger partial charge is 0.400 e. The molecule has 0 atom stereocenters. The standard InChI is InChI=1S/C20H13BrN2O3/c21-16-6-2-1-5-15(16)19(24)22-13-9-11-14(12-10-13)25-20-23-17-7-3-4-8-18(17)26-20/h1-12H,(H,22,24). The van der Waals surface area contributed by atoms with Crippen LogP contribution in [-0.4, -0.2) is 10.9 Å². The Bertz CT molecular complexity index is 1040. The molecule has 0 unspecified atom stereocenters. The highest BCUT2D eigenvalue weighted by molar-refractivity contribution is 9.10. The molecule has 1 heterocycles. The number of oxazole rings is 1. The number of anilines is 1. The first-order valence-corrected chi connectivity index (χ1v) is 8.68. The molecule has 1 N–H and O–H groups in total. The number of halogens is 1. The number of carbonyl (C=O) groups is 1. The fourth-order valence-corrected chi connectivity index (χ4v) is 2.91.